The second-order valence-electron chi connectivity index (χ2n) is 4.69. The number of nitrogens with zero attached hydrogens (tertiary/aromatic N) is 3. The first-order valence-electron chi connectivity index (χ1n) is 6.19. The van der Waals surface area contributed by atoms with Crippen LogP contribution in [-0.4, -0.2) is 39.4 Å². The Morgan fingerprint density at radius 1 is 1.32 bits per heavy atom. The third-order valence-corrected chi connectivity index (χ3v) is 3.69. The van der Waals surface area contributed by atoms with Crippen LogP contribution in [0.15, 0.2) is 33.2 Å². The number of β-amino-alcohol motifs (C(OH)–C–C–N with tert-alkyl or cyclic N) is 1. The molecular weight excluding hydrogens is 310 g/mol. The molecule has 0 unspecified atom stereocenters. The van der Waals surface area contributed by atoms with Crippen LogP contribution in [0.1, 0.15) is 12.3 Å². The Balaban J connectivity index is 1.71. The van der Waals surface area contributed by atoms with Crippen LogP contribution < -0.4 is 0 Å². The van der Waals surface area contributed by atoms with Crippen molar-refractivity contribution in [3.63, 3.8) is 0 Å². The van der Waals surface area contributed by atoms with E-state index in [1.807, 2.05) is 24.3 Å². The second kappa shape index (κ2) is 5.40. The molecule has 1 aliphatic rings. The van der Waals surface area contributed by atoms with Gasteiger partial charge in [0.15, 0.2) is 0 Å². The number of benzene rings is 1. The van der Waals surface area contributed by atoms with E-state index in [9.17, 15) is 5.11 Å². The lowest BCUT2D eigenvalue weighted by molar-refractivity contribution is 0.171. The molecule has 2 aromatic rings. The van der Waals surface area contributed by atoms with Crippen LogP contribution in [0.25, 0.3) is 11.5 Å². The lowest BCUT2D eigenvalue weighted by Crippen LogP contribution is -2.21. The van der Waals surface area contributed by atoms with Gasteiger partial charge in [-0.05, 0) is 30.7 Å². The molecule has 0 radical (unpaired) electrons. The molecule has 1 aliphatic heterocycles. The topological polar surface area (TPSA) is 62.4 Å². The summed E-state index contributed by atoms with van der Waals surface area (Å²) in [4.78, 5) is 2.11. The second-order valence-corrected chi connectivity index (χ2v) is 5.60. The van der Waals surface area contributed by atoms with E-state index in [1.54, 1.807) is 0 Å². The molecule has 0 bridgehead atoms. The minimum absolute atomic E-state index is 0.228. The van der Waals surface area contributed by atoms with E-state index < -0.39 is 0 Å². The van der Waals surface area contributed by atoms with Crippen LogP contribution in [0, 0.1) is 0 Å². The predicted octanol–water partition coefficient (Wildman–Crippen LogP) is 2.07. The lowest BCUT2D eigenvalue weighted by atomic mass is 10.2. The van der Waals surface area contributed by atoms with E-state index >= 15 is 0 Å². The highest BCUT2D eigenvalue weighted by molar-refractivity contribution is 9.10. The predicted molar refractivity (Wildman–Crippen MR) is 73.3 cm³/mol. The first-order chi connectivity index (χ1) is 9.20. The summed E-state index contributed by atoms with van der Waals surface area (Å²) in [6.45, 7) is 2.15. The van der Waals surface area contributed by atoms with E-state index in [0.717, 1.165) is 23.0 Å². The van der Waals surface area contributed by atoms with Crippen LogP contribution in [0.5, 0.6) is 0 Å². The van der Waals surface area contributed by atoms with E-state index in [0.29, 0.717) is 24.9 Å². The van der Waals surface area contributed by atoms with Crippen LogP contribution in [-0.2, 0) is 6.54 Å². The number of hydrogen-bond donors (Lipinski definition) is 1. The molecule has 0 spiro atoms. The van der Waals surface area contributed by atoms with Crippen molar-refractivity contribution in [2.75, 3.05) is 13.1 Å². The molecular formula is C13H14BrN3O2. The number of hydrogen-bond acceptors (Lipinski definition) is 5. The van der Waals surface area contributed by atoms with Crippen LogP contribution >= 0.6 is 15.9 Å². The Hall–Kier alpha value is -1.24. The fourth-order valence-corrected chi connectivity index (χ4v) is 2.44. The standard InChI is InChI=1S/C13H14BrN3O2/c14-10-3-1-9(2-4-10)13-16-15-12(19-13)8-17-6-5-11(18)7-17/h1-4,11,18H,5-8H2/t11-/m0/s1. The van der Waals surface area contributed by atoms with Crippen LogP contribution in [0.3, 0.4) is 0 Å². The molecule has 6 heteroatoms. The Bertz CT molecular complexity index is 555. The van der Waals surface area contributed by atoms with Crippen molar-refractivity contribution >= 4 is 15.9 Å². The maximum absolute atomic E-state index is 9.47. The molecule has 1 N–H and O–H groups in total. The van der Waals surface area contributed by atoms with Gasteiger partial charge < -0.3 is 9.52 Å². The maximum atomic E-state index is 9.47. The third kappa shape index (κ3) is 3.02. The molecule has 1 saturated heterocycles. The van der Waals surface area contributed by atoms with Crippen molar-refractivity contribution in [3.8, 4) is 11.5 Å². The van der Waals surface area contributed by atoms with Gasteiger partial charge in [-0.1, -0.05) is 15.9 Å². The van der Waals surface area contributed by atoms with Crippen molar-refractivity contribution in [1.82, 2.24) is 15.1 Å². The monoisotopic (exact) mass is 323 g/mol. The van der Waals surface area contributed by atoms with Crippen molar-refractivity contribution in [1.29, 1.82) is 0 Å². The van der Waals surface area contributed by atoms with Gasteiger partial charge in [0, 0.05) is 23.1 Å². The molecule has 5 nitrogen and oxygen atoms in total. The summed E-state index contributed by atoms with van der Waals surface area (Å²) in [5, 5.41) is 17.6. The zero-order valence-corrected chi connectivity index (χ0v) is 11.9. The summed E-state index contributed by atoms with van der Waals surface area (Å²) in [6, 6.07) is 7.74. The summed E-state index contributed by atoms with van der Waals surface area (Å²) in [5.74, 6) is 1.12. The first-order valence-corrected chi connectivity index (χ1v) is 6.99. The molecule has 1 atom stereocenters. The lowest BCUT2D eigenvalue weighted by Gasteiger charge is -2.10. The molecule has 100 valence electrons. The average Bonchev–Trinajstić information content (AvgIpc) is 3.00. The third-order valence-electron chi connectivity index (χ3n) is 3.16. The van der Waals surface area contributed by atoms with Gasteiger partial charge in [-0.15, -0.1) is 10.2 Å². The Morgan fingerprint density at radius 2 is 2.11 bits per heavy atom. The number of rotatable bonds is 3. The number of aliphatic hydroxyl groups is 1. The van der Waals surface area contributed by atoms with Crippen molar-refractivity contribution in [3.05, 3.63) is 34.6 Å². The van der Waals surface area contributed by atoms with Crippen LogP contribution in [0.2, 0.25) is 0 Å². The average molecular weight is 324 g/mol. The van der Waals surface area contributed by atoms with Crippen molar-refractivity contribution in [2.45, 2.75) is 19.1 Å². The minimum atomic E-state index is -0.228. The maximum Gasteiger partial charge on any atom is 0.247 e. The van der Waals surface area contributed by atoms with Gasteiger partial charge in [0.2, 0.25) is 11.8 Å². The van der Waals surface area contributed by atoms with Gasteiger partial charge >= 0.3 is 0 Å². The molecule has 0 aliphatic carbocycles. The molecule has 0 amide bonds. The smallest absolute Gasteiger partial charge is 0.247 e. The first kappa shape index (κ1) is 12.8. The summed E-state index contributed by atoms with van der Waals surface area (Å²) in [6.07, 6.45) is 0.585. The fourth-order valence-electron chi connectivity index (χ4n) is 2.17. The highest BCUT2D eigenvalue weighted by atomic mass is 79.9. The van der Waals surface area contributed by atoms with E-state index in [4.69, 9.17) is 4.42 Å². The number of likely N-dealkylation sites (tertiary alicyclic amines) is 1. The zero-order chi connectivity index (χ0) is 13.2. The molecule has 1 fully saturated rings. The van der Waals surface area contributed by atoms with Gasteiger partial charge in [-0.25, -0.2) is 0 Å². The highest BCUT2D eigenvalue weighted by Crippen LogP contribution is 2.21. The van der Waals surface area contributed by atoms with Gasteiger partial charge in [-0.3, -0.25) is 4.90 Å². The summed E-state index contributed by atoms with van der Waals surface area (Å²) in [5.41, 5.74) is 0.906. The Morgan fingerprint density at radius 3 is 2.79 bits per heavy atom. The largest absolute Gasteiger partial charge is 0.419 e. The highest BCUT2D eigenvalue weighted by Gasteiger charge is 2.22. The SMILES string of the molecule is O[C@H]1CCN(Cc2nnc(-c3ccc(Br)cc3)o2)C1. The van der Waals surface area contributed by atoms with Gasteiger partial charge in [0.25, 0.3) is 0 Å². The van der Waals surface area contributed by atoms with Gasteiger partial charge in [-0.2, -0.15) is 0 Å². The molecule has 3 rings (SSSR count). The van der Waals surface area contributed by atoms with Crippen LogP contribution in [0.4, 0.5) is 0 Å². The van der Waals surface area contributed by atoms with Gasteiger partial charge in [0.05, 0.1) is 12.6 Å². The van der Waals surface area contributed by atoms with E-state index in [2.05, 4.69) is 31.0 Å². The molecule has 0 saturated carbocycles. The number of aromatic nitrogens is 2. The molecule has 1 aromatic heterocycles. The molecule has 19 heavy (non-hydrogen) atoms. The van der Waals surface area contributed by atoms with Gasteiger partial charge in [0.1, 0.15) is 0 Å². The minimum Gasteiger partial charge on any atom is -0.419 e. The fraction of sp³-hybridized carbons (Fsp3) is 0.385. The van der Waals surface area contributed by atoms with Crippen molar-refractivity contribution in [2.24, 2.45) is 0 Å². The Labute approximate surface area is 119 Å². The molecule has 2 heterocycles. The van der Waals surface area contributed by atoms with Crippen molar-refractivity contribution < 1.29 is 9.52 Å². The summed E-state index contributed by atoms with van der Waals surface area (Å²) < 4.78 is 6.66. The molecule has 1 aromatic carbocycles. The Kier molecular flexibility index (Phi) is 3.63. The summed E-state index contributed by atoms with van der Waals surface area (Å²) in [7, 11) is 0. The quantitative estimate of drug-likeness (QED) is 0.936. The number of aliphatic hydroxyl groups excluding tert-OH is 1. The van der Waals surface area contributed by atoms with E-state index in [-0.39, 0.29) is 6.10 Å². The number of halogens is 1. The zero-order valence-electron chi connectivity index (χ0n) is 10.3. The summed E-state index contributed by atoms with van der Waals surface area (Å²) >= 11 is 3.39. The van der Waals surface area contributed by atoms with E-state index in [1.165, 1.54) is 0 Å². The normalized spacial score (nSPS) is 20.0.